The monoisotopic (exact) mass is 660 g/mol. The Hall–Kier alpha value is -4.40. The van der Waals surface area contributed by atoms with Gasteiger partial charge in [0.25, 0.3) is 5.56 Å². The number of hydrogen-bond donors (Lipinski definition) is 0. The van der Waals surface area contributed by atoms with Crippen molar-refractivity contribution >= 4 is 66.1 Å². The fourth-order valence-corrected chi connectivity index (χ4v) is 6.24. The van der Waals surface area contributed by atoms with Crippen LogP contribution in [-0.4, -0.2) is 54.1 Å². The normalized spacial score (nSPS) is 13.0. The van der Waals surface area contributed by atoms with Crippen LogP contribution in [0, 0.1) is 0 Å². The molecule has 8 heteroatoms. The van der Waals surface area contributed by atoms with Crippen molar-refractivity contribution in [2.75, 3.05) is 39.1 Å². The molecule has 5 aromatic carbocycles. The summed E-state index contributed by atoms with van der Waals surface area (Å²) in [5, 5.41) is 14.7. The molecular weight excluding hydrogens is 624 g/mol. The molecule has 0 N–H and O–H groups in total. The fourth-order valence-electron chi connectivity index (χ4n) is 6.24. The Bertz CT molecular complexity index is 2250. The van der Waals surface area contributed by atoms with Crippen LogP contribution in [-0.2, 0) is 0 Å². The summed E-state index contributed by atoms with van der Waals surface area (Å²) in [4.78, 5) is 21.3. The van der Waals surface area contributed by atoms with Gasteiger partial charge in [0.15, 0.2) is 0 Å². The van der Waals surface area contributed by atoms with Gasteiger partial charge in [-0.25, -0.2) is 4.98 Å². The summed E-state index contributed by atoms with van der Waals surface area (Å²) in [6.07, 6.45) is 1.12. The zero-order chi connectivity index (χ0) is 30.6. The zero-order valence-corrected chi connectivity index (χ0v) is 27.9. The molecule has 228 valence electrons. The Labute approximate surface area is 273 Å². The van der Waals surface area contributed by atoms with Gasteiger partial charge in [0.05, 0.1) is 49.6 Å². The molecule has 0 aliphatic heterocycles. The van der Waals surface area contributed by atoms with Gasteiger partial charge in [0, 0.05) is 46.7 Å². The van der Waals surface area contributed by atoms with Crippen LogP contribution in [0.25, 0.3) is 49.0 Å². The van der Waals surface area contributed by atoms with Gasteiger partial charge in [-0.05, 0) is 79.2 Å². The van der Waals surface area contributed by atoms with Gasteiger partial charge in [-0.15, -0.1) is 0 Å². The first-order chi connectivity index (χ1) is 21.2. The molecule has 7 rings (SSSR count). The molecule has 0 fully saturated rings. The lowest BCUT2D eigenvalue weighted by Crippen LogP contribution is -3.00. The maximum atomic E-state index is 13.9. The van der Waals surface area contributed by atoms with Crippen molar-refractivity contribution in [3.8, 4) is 0 Å². The van der Waals surface area contributed by atoms with Gasteiger partial charge in [-0.2, -0.15) is 10.2 Å². The Morgan fingerprint density at radius 1 is 0.822 bits per heavy atom. The highest BCUT2D eigenvalue weighted by atomic mass is 79.9. The summed E-state index contributed by atoms with van der Waals surface area (Å²) in [6.45, 7) is 6.48. The van der Waals surface area contributed by atoms with E-state index in [-0.39, 0.29) is 22.5 Å². The third kappa shape index (κ3) is 5.42. The number of aromatic nitrogens is 2. The van der Waals surface area contributed by atoms with E-state index in [1.807, 2.05) is 66.7 Å². The standard InChI is InChI=1S/C37H37N6O.BrH/c1-6-41(21-20-24(2)43(3,4)5)29-18-16-27(17-19-29)39-40-28-22-26-12-7-13-30-34(26)31(23-28)36-38-32-14-8-10-25-11-9-15-33(35(25)32)42(36)37(30)44;/h7-19,22-24H,6,20-21H2,1-5H3;1H/q+1;/p-1. The minimum absolute atomic E-state index is 0. The number of rotatable bonds is 8. The zero-order valence-electron chi connectivity index (χ0n) is 26.3. The number of azo groups is 1. The molecule has 0 radical (unpaired) electrons. The lowest BCUT2D eigenvalue weighted by atomic mass is 10.0. The molecule has 0 spiro atoms. The molecule has 0 saturated heterocycles. The van der Waals surface area contributed by atoms with Crippen LogP contribution in [0.3, 0.4) is 0 Å². The Morgan fingerprint density at radius 2 is 1.51 bits per heavy atom. The van der Waals surface area contributed by atoms with Crippen LogP contribution >= 0.6 is 0 Å². The minimum Gasteiger partial charge on any atom is -1.00 e. The second-order valence-electron chi connectivity index (χ2n) is 12.7. The molecule has 7 aromatic rings. The highest BCUT2D eigenvalue weighted by Gasteiger charge is 2.20. The SMILES string of the molecule is CCN(CCC(C)[N+](C)(C)C)c1ccc(N=Nc2cc3cccc4c(=O)n5c6cccc7cccc(nc5c(c2)c34)c76)cc1.[Br-]. The minimum atomic E-state index is -0.0635. The number of fused-ring (bicyclic) bond motifs is 3. The molecule has 2 aromatic heterocycles. The molecule has 7 nitrogen and oxygen atoms in total. The fraction of sp³-hybridized carbons (Fsp3) is 0.243. The number of benzene rings is 5. The van der Waals surface area contributed by atoms with E-state index in [0.717, 1.165) is 67.6 Å². The van der Waals surface area contributed by atoms with E-state index in [0.29, 0.717) is 22.8 Å². The summed E-state index contributed by atoms with van der Waals surface area (Å²) in [6, 6.07) is 30.9. The predicted molar refractivity (Wildman–Crippen MR) is 183 cm³/mol. The van der Waals surface area contributed by atoms with Gasteiger partial charge in [0.1, 0.15) is 5.65 Å². The van der Waals surface area contributed by atoms with E-state index >= 15 is 0 Å². The third-order valence-corrected chi connectivity index (χ3v) is 9.19. The molecular formula is C37H37BrN6O. The van der Waals surface area contributed by atoms with E-state index in [1.165, 1.54) is 5.69 Å². The summed E-state index contributed by atoms with van der Waals surface area (Å²) in [7, 11) is 6.76. The molecule has 0 aliphatic rings. The van der Waals surface area contributed by atoms with Crippen molar-refractivity contribution < 1.29 is 21.5 Å². The number of hydrogen-bond acceptors (Lipinski definition) is 5. The first-order valence-corrected chi connectivity index (χ1v) is 15.3. The van der Waals surface area contributed by atoms with Crippen LogP contribution in [0.2, 0.25) is 0 Å². The summed E-state index contributed by atoms with van der Waals surface area (Å²) < 4.78 is 2.71. The van der Waals surface area contributed by atoms with Gasteiger partial charge in [-0.1, -0.05) is 36.4 Å². The highest BCUT2D eigenvalue weighted by molar-refractivity contribution is 6.18. The second kappa shape index (κ2) is 11.8. The van der Waals surface area contributed by atoms with Gasteiger partial charge in [-0.3, -0.25) is 9.20 Å². The van der Waals surface area contributed by atoms with E-state index in [2.05, 4.69) is 74.4 Å². The largest absolute Gasteiger partial charge is 1.00 e. The predicted octanol–water partition coefficient (Wildman–Crippen LogP) is 5.48. The smallest absolute Gasteiger partial charge is 0.264 e. The van der Waals surface area contributed by atoms with E-state index < -0.39 is 0 Å². The summed E-state index contributed by atoms with van der Waals surface area (Å²) >= 11 is 0. The average Bonchev–Trinajstić information content (AvgIpc) is 3.02. The van der Waals surface area contributed by atoms with Crippen molar-refractivity contribution in [2.24, 2.45) is 10.2 Å². The van der Waals surface area contributed by atoms with Gasteiger partial charge in [0.2, 0.25) is 0 Å². The Kier molecular flexibility index (Phi) is 8.05. The Balaban J connectivity index is 0.00000357. The van der Waals surface area contributed by atoms with Crippen LogP contribution < -0.4 is 27.4 Å². The first kappa shape index (κ1) is 30.6. The number of halogens is 1. The van der Waals surface area contributed by atoms with Crippen molar-refractivity contribution in [1.29, 1.82) is 0 Å². The lowest BCUT2D eigenvalue weighted by molar-refractivity contribution is -0.894. The van der Waals surface area contributed by atoms with E-state index in [9.17, 15) is 4.79 Å². The average molecular weight is 662 g/mol. The third-order valence-electron chi connectivity index (χ3n) is 9.19. The molecule has 0 bridgehead atoms. The van der Waals surface area contributed by atoms with Crippen molar-refractivity contribution in [3.05, 3.63) is 101 Å². The molecule has 2 heterocycles. The van der Waals surface area contributed by atoms with Crippen LogP contribution in [0.15, 0.2) is 106 Å². The second-order valence-corrected chi connectivity index (χ2v) is 12.7. The number of quaternary nitrogens is 1. The summed E-state index contributed by atoms with van der Waals surface area (Å²) in [5.74, 6) is 0. The molecule has 1 atom stereocenters. The quantitative estimate of drug-likeness (QED) is 0.0940. The number of pyridine rings is 1. The van der Waals surface area contributed by atoms with Gasteiger partial charge >= 0.3 is 0 Å². The maximum absolute atomic E-state index is 13.9. The topological polar surface area (TPSA) is 62.3 Å². The number of nitrogens with zero attached hydrogens (tertiary/aromatic N) is 6. The van der Waals surface area contributed by atoms with Crippen molar-refractivity contribution in [3.63, 3.8) is 0 Å². The molecule has 45 heavy (non-hydrogen) atoms. The van der Waals surface area contributed by atoms with Crippen LogP contribution in [0.5, 0.6) is 0 Å². The first-order valence-electron chi connectivity index (χ1n) is 15.3. The molecule has 0 saturated carbocycles. The maximum Gasteiger partial charge on any atom is 0.264 e. The van der Waals surface area contributed by atoms with Gasteiger partial charge < -0.3 is 26.4 Å². The van der Waals surface area contributed by atoms with Crippen LogP contribution in [0.4, 0.5) is 17.1 Å². The molecule has 0 aliphatic carbocycles. The highest BCUT2D eigenvalue weighted by Crippen LogP contribution is 2.35. The molecule has 0 amide bonds. The number of anilines is 1. The van der Waals surface area contributed by atoms with Crippen LogP contribution in [0.1, 0.15) is 20.3 Å². The van der Waals surface area contributed by atoms with E-state index in [4.69, 9.17) is 4.98 Å². The lowest BCUT2D eigenvalue weighted by Gasteiger charge is -2.33. The van der Waals surface area contributed by atoms with E-state index in [1.54, 1.807) is 4.40 Å². The molecule has 1 unspecified atom stereocenters. The van der Waals surface area contributed by atoms with Crippen molar-refractivity contribution in [2.45, 2.75) is 26.3 Å². The van der Waals surface area contributed by atoms with Crippen molar-refractivity contribution in [1.82, 2.24) is 9.38 Å². The summed E-state index contributed by atoms with van der Waals surface area (Å²) in [5.41, 5.74) is 4.99. The Morgan fingerprint density at radius 3 is 2.24 bits per heavy atom.